The lowest BCUT2D eigenvalue weighted by Gasteiger charge is -2.09. The maximum Gasteiger partial charge on any atom is 0.281 e. The van der Waals surface area contributed by atoms with Gasteiger partial charge in [0.1, 0.15) is 16.5 Å². The molecule has 0 radical (unpaired) electrons. The van der Waals surface area contributed by atoms with E-state index in [1.165, 1.54) is 13.2 Å². The van der Waals surface area contributed by atoms with E-state index in [1.54, 1.807) is 0 Å². The van der Waals surface area contributed by atoms with Gasteiger partial charge in [0.2, 0.25) is 0 Å². The van der Waals surface area contributed by atoms with Crippen molar-refractivity contribution in [1.29, 1.82) is 0 Å². The fourth-order valence-corrected chi connectivity index (χ4v) is 1.21. The maximum atomic E-state index is 12.4. The molecule has 0 aliphatic heterocycles. The zero-order chi connectivity index (χ0) is 10.7. The molecule has 6 heteroatoms. The minimum Gasteiger partial charge on any atom is -0.495 e. The van der Waals surface area contributed by atoms with Gasteiger partial charge in [0.15, 0.2) is 0 Å². The Morgan fingerprint density at radius 2 is 2.29 bits per heavy atom. The van der Waals surface area contributed by atoms with Crippen molar-refractivity contribution in [2.75, 3.05) is 7.11 Å². The number of halogens is 3. The third-order valence-corrected chi connectivity index (χ3v) is 1.97. The Labute approximate surface area is 84.3 Å². The van der Waals surface area contributed by atoms with Gasteiger partial charge in [-0.3, -0.25) is 0 Å². The van der Waals surface area contributed by atoms with E-state index in [9.17, 15) is 8.78 Å². The molecule has 0 spiro atoms. The first-order chi connectivity index (χ1) is 6.60. The summed E-state index contributed by atoms with van der Waals surface area (Å²) in [6, 6.07) is 1.31. The average Bonchev–Trinajstić information content (AvgIpc) is 2.17. The zero-order valence-corrected chi connectivity index (χ0v) is 8.05. The van der Waals surface area contributed by atoms with Crippen LogP contribution in [0.3, 0.4) is 0 Å². The van der Waals surface area contributed by atoms with Crippen LogP contribution in [0.2, 0.25) is 5.02 Å². The van der Waals surface area contributed by atoms with E-state index in [-0.39, 0.29) is 16.5 Å². The molecule has 0 aliphatic carbocycles. The van der Waals surface area contributed by atoms with Crippen LogP contribution in [0.15, 0.2) is 6.07 Å². The molecule has 1 N–H and O–H groups in total. The van der Waals surface area contributed by atoms with Crippen molar-refractivity contribution in [2.24, 2.45) is 0 Å². The van der Waals surface area contributed by atoms with Crippen LogP contribution in [0, 0.1) is 0 Å². The average molecular weight is 224 g/mol. The Morgan fingerprint density at radius 1 is 1.64 bits per heavy atom. The molecule has 1 aromatic heterocycles. The van der Waals surface area contributed by atoms with E-state index in [4.69, 9.17) is 21.4 Å². The highest BCUT2D eigenvalue weighted by Gasteiger charge is 2.18. The minimum atomic E-state index is -2.79. The Bertz CT molecular complexity index is 333. The number of nitrogens with zero attached hydrogens (tertiary/aromatic N) is 1. The van der Waals surface area contributed by atoms with E-state index < -0.39 is 18.7 Å². The standard InChI is InChI=1S/C8H8ClF2NO2/c1-14-5-2-4(3-13)12-7(6(5)9)8(10)11/h2,8,13H,3H2,1H3. The lowest BCUT2D eigenvalue weighted by atomic mass is 10.3. The molecule has 14 heavy (non-hydrogen) atoms. The van der Waals surface area contributed by atoms with Gasteiger partial charge in [-0.15, -0.1) is 0 Å². The van der Waals surface area contributed by atoms with Gasteiger partial charge in [0.05, 0.1) is 19.4 Å². The van der Waals surface area contributed by atoms with Gasteiger partial charge in [-0.1, -0.05) is 11.6 Å². The monoisotopic (exact) mass is 223 g/mol. The van der Waals surface area contributed by atoms with Gasteiger partial charge >= 0.3 is 0 Å². The predicted octanol–water partition coefficient (Wildman–Crippen LogP) is 2.17. The number of methoxy groups -OCH3 is 1. The molecule has 0 fully saturated rings. The molecule has 0 atom stereocenters. The first kappa shape index (κ1) is 11.1. The second kappa shape index (κ2) is 4.52. The summed E-state index contributed by atoms with van der Waals surface area (Å²) < 4.78 is 29.5. The molecule has 0 aromatic carbocycles. The second-order valence-electron chi connectivity index (χ2n) is 2.47. The summed E-state index contributed by atoms with van der Waals surface area (Å²) in [6.45, 7) is -0.437. The first-order valence-electron chi connectivity index (χ1n) is 3.72. The smallest absolute Gasteiger partial charge is 0.281 e. The number of hydrogen-bond donors (Lipinski definition) is 1. The Morgan fingerprint density at radius 3 is 2.71 bits per heavy atom. The summed E-state index contributed by atoms with van der Waals surface area (Å²) in [5.41, 5.74) is -0.475. The van der Waals surface area contributed by atoms with Crippen LogP contribution in [0.25, 0.3) is 0 Å². The van der Waals surface area contributed by atoms with E-state index in [2.05, 4.69) is 4.98 Å². The van der Waals surface area contributed by atoms with Gasteiger partial charge in [-0.05, 0) is 0 Å². The molecule has 0 saturated heterocycles. The first-order valence-corrected chi connectivity index (χ1v) is 4.10. The Balaban J connectivity index is 3.27. The Kier molecular flexibility index (Phi) is 3.60. The second-order valence-corrected chi connectivity index (χ2v) is 2.85. The third kappa shape index (κ3) is 2.10. The number of alkyl halides is 2. The SMILES string of the molecule is COc1cc(CO)nc(C(F)F)c1Cl. The van der Waals surface area contributed by atoms with Crippen LogP contribution in [-0.2, 0) is 6.61 Å². The number of aromatic nitrogens is 1. The van der Waals surface area contributed by atoms with Crippen molar-refractivity contribution >= 4 is 11.6 Å². The van der Waals surface area contributed by atoms with Crippen LogP contribution >= 0.6 is 11.6 Å². The summed E-state index contributed by atoms with van der Waals surface area (Å²) in [7, 11) is 1.30. The summed E-state index contributed by atoms with van der Waals surface area (Å²) in [5.74, 6) is 0.0843. The fraction of sp³-hybridized carbons (Fsp3) is 0.375. The van der Waals surface area contributed by atoms with E-state index >= 15 is 0 Å². The van der Waals surface area contributed by atoms with Gasteiger partial charge in [-0.25, -0.2) is 13.8 Å². The molecule has 1 rings (SSSR count). The van der Waals surface area contributed by atoms with E-state index in [0.717, 1.165) is 0 Å². The number of ether oxygens (including phenoxy) is 1. The predicted molar refractivity (Wildman–Crippen MR) is 46.7 cm³/mol. The number of rotatable bonds is 3. The van der Waals surface area contributed by atoms with Crippen molar-refractivity contribution in [1.82, 2.24) is 4.98 Å². The molecule has 0 aliphatic rings. The summed E-state index contributed by atoms with van der Waals surface area (Å²) >= 11 is 5.58. The Hall–Kier alpha value is -0.940. The van der Waals surface area contributed by atoms with Gasteiger partial charge in [0.25, 0.3) is 6.43 Å². The number of hydrogen-bond acceptors (Lipinski definition) is 3. The molecule has 0 unspecified atom stereocenters. The largest absolute Gasteiger partial charge is 0.495 e. The highest BCUT2D eigenvalue weighted by Crippen LogP contribution is 2.33. The highest BCUT2D eigenvalue weighted by atomic mass is 35.5. The van der Waals surface area contributed by atoms with Crippen molar-refractivity contribution in [2.45, 2.75) is 13.0 Å². The van der Waals surface area contributed by atoms with Crippen molar-refractivity contribution in [3.63, 3.8) is 0 Å². The quantitative estimate of drug-likeness (QED) is 0.854. The van der Waals surface area contributed by atoms with Crippen molar-refractivity contribution in [3.8, 4) is 5.75 Å². The zero-order valence-electron chi connectivity index (χ0n) is 7.30. The molecule has 0 saturated carbocycles. The van der Waals surface area contributed by atoms with Crippen LogP contribution in [-0.4, -0.2) is 17.2 Å². The molecule has 0 amide bonds. The fourth-order valence-electron chi connectivity index (χ4n) is 0.951. The van der Waals surface area contributed by atoms with Crippen LogP contribution in [0.5, 0.6) is 5.75 Å². The summed E-state index contributed by atoms with van der Waals surface area (Å²) in [4.78, 5) is 3.49. The lowest BCUT2D eigenvalue weighted by molar-refractivity contribution is 0.144. The van der Waals surface area contributed by atoms with E-state index in [0.29, 0.717) is 0 Å². The number of pyridine rings is 1. The third-order valence-electron chi connectivity index (χ3n) is 1.59. The van der Waals surface area contributed by atoms with E-state index in [1.807, 2.05) is 0 Å². The summed E-state index contributed by atoms with van der Waals surface area (Å²) in [6.07, 6.45) is -2.79. The molecule has 1 heterocycles. The van der Waals surface area contributed by atoms with Gasteiger partial charge in [0, 0.05) is 6.07 Å². The van der Waals surface area contributed by atoms with Gasteiger partial charge < -0.3 is 9.84 Å². The molecular weight excluding hydrogens is 216 g/mol. The maximum absolute atomic E-state index is 12.4. The minimum absolute atomic E-state index is 0.0843. The topological polar surface area (TPSA) is 42.4 Å². The van der Waals surface area contributed by atoms with Crippen LogP contribution in [0.1, 0.15) is 17.8 Å². The normalized spacial score (nSPS) is 10.7. The number of aliphatic hydroxyl groups excluding tert-OH is 1. The van der Waals surface area contributed by atoms with Crippen molar-refractivity contribution < 1.29 is 18.6 Å². The lowest BCUT2D eigenvalue weighted by Crippen LogP contribution is -2.00. The molecule has 1 aromatic rings. The van der Waals surface area contributed by atoms with Crippen molar-refractivity contribution in [3.05, 3.63) is 22.5 Å². The molecular formula is C8H8ClF2NO2. The number of aliphatic hydroxyl groups is 1. The summed E-state index contributed by atoms with van der Waals surface area (Å²) in [5, 5.41) is 8.53. The molecule has 0 bridgehead atoms. The van der Waals surface area contributed by atoms with Crippen LogP contribution < -0.4 is 4.74 Å². The van der Waals surface area contributed by atoms with Crippen LogP contribution in [0.4, 0.5) is 8.78 Å². The molecule has 78 valence electrons. The highest BCUT2D eigenvalue weighted by molar-refractivity contribution is 6.32. The molecule has 3 nitrogen and oxygen atoms in total. The van der Waals surface area contributed by atoms with Gasteiger partial charge in [-0.2, -0.15) is 0 Å².